The zero-order valence-electron chi connectivity index (χ0n) is 13.6. The first-order chi connectivity index (χ1) is 12.1. The van der Waals surface area contributed by atoms with Gasteiger partial charge in [0.05, 0.1) is 16.1 Å². The minimum absolute atomic E-state index is 0.148. The minimum atomic E-state index is -0.188. The molecule has 0 unspecified atom stereocenters. The van der Waals surface area contributed by atoms with E-state index in [9.17, 15) is 9.59 Å². The first-order valence-corrected chi connectivity index (χ1v) is 8.82. The molecule has 4 rings (SSSR count). The molecular formula is C20H16N2O2S. The molecular weight excluding hydrogens is 332 g/mol. The lowest BCUT2D eigenvalue weighted by Gasteiger charge is -2.12. The Morgan fingerprint density at radius 1 is 1.08 bits per heavy atom. The first kappa shape index (κ1) is 15.6. The highest BCUT2D eigenvalue weighted by Gasteiger charge is 2.26. The lowest BCUT2D eigenvalue weighted by molar-refractivity contribution is 0.0966. The summed E-state index contributed by atoms with van der Waals surface area (Å²) in [6, 6.07) is 17.4. The zero-order chi connectivity index (χ0) is 17.4. The Balaban J connectivity index is 1.74. The van der Waals surface area contributed by atoms with Gasteiger partial charge in [-0.05, 0) is 41.8 Å². The van der Waals surface area contributed by atoms with E-state index in [1.807, 2.05) is 55.5 Å². The van der Waals surface area contributed by atoms with E-state index in [1.165, 1.54) is 11.3 Å². The summed E-state index contributed by atoms with van der Waals surface area (Å²) in [4.78, 5) is 26.5. The van der Waals surface area contributed by atoms with Gasteiger partial charge >= 0.3 is 0 Å². The van der Waals surface area contributed by atoms with Crippen LogP contribution in [-0.4, -0.2) is 11.8 Å². The number of thiophene rings is 1. The molecule has 2 N–H and O–H groups in total. The second-order valence-electron chi connectivity index (χ2n) is 5.93. The summed E-state index contributed by atoms with van der Waals surface area (Å²) >= 11 is 1.44. The molecule has 1 aromatic heterocycles. The molecule has 4 nitrogen and oxygen atoms in total. The maximum absolute atomic E-state index is 12.5. The van der Waals surface area contributed by atoms with E-state index >= 15 is 0 Å². The second kappa shape index (κ2) is 6.18. The van der Waals surface area contributed by atoms with Crippen LogP contribution in [0.3, 0.4) is 0 Å². The molecule has 0 spiro atoms. The average molecular weight is 348 g/mol. The Kier molecular flexibility index (Phi) is 3.86. The number of amides is 2. The Labute approximate surface area is 149 Å². The van der Waals surface area contributed by atoms with Crippen LogP contribution >= 0.6 is 11.3 Å². The van der Waals surface area contributed by atoms with E-state index < -0.39 is 0 Å². The van der Waals surface area contributed by atoms with Gasteiger partial charge in [0.25, 0.3) is 11.8 Å². The van der Waals surface area contributed by atoms with Crippen molar-refractivity contribution in [2.45, 2.75) is 13.5 Å². The highest BCUT2D eigenvalue weighted by atomic mass is 32.1. The van der Waals surface area contributed by atoms with Gasteiger partial charge in [0.1, 0.15) is 0 Å². The fraction of sp³-hybridized carbons (Fsp3) is 0.100. The molecule has 0 bridgehead atoms. The standard InChI is InChI=1S/C20H16N2O2S/c1-12-7-10-17(25-12)19(23)22-16-9-8-14(13-5-3-2-4-6-13)15-11-21-20(24)18(15)16/h2-10H,11H2,1H3,(H,21,24)(H,22,23). The number of anilines is 1. The molecule has 0 radical (unpaired) electrons. The zero-order valence-corrected chi connectivity index (χ0v) is 14.4. The van der Waals surface area contributed by atoms with Crippen LogP contribution in [0.1, 0.15) is 30.5 Å². The number of benzene rings is 2. The molecule has 124 valence electrons. The van der Waals surface area contributed by atoms with E-state index in [4.69, 9.17) is 0 Å². The smallest absolute Gasteiger partial charge is 0.265 e. The van der Waals surface area contributed by atoms with Crippen molar-refractivity contribution in [3.8, 4) is 11.1 Å². The minimum Gasteiger partial charge on any atom is -0.348 e. The Hall–Kier alpha value is -2.92. The number of hydrogen-bond acceptors (Lipinski definition) is 3. The van der Waals surface area contributed by atoms with Gasteiger partial charge in [-0.2, -0.15) is 0 Å². The molecule has 0 saturated carbocycles. The van der Waals surface area contributed by atoms with Crippen molar-refractivity contribution in [3.63, 3.8) is 0 Å². The average Bonchev–Trinajstić information content (AvgIpc) is 3.23. The van der Waals surface area contributed by atoms with Crippen molar-refractivity contribution < 1.29 is 9.59 Å². The van der Waals surface area contributed by atoms with Crippen LogP contribution in [0, 0.1) is 6.92 Å². The molecule has 2 amide bonds. The van der Waals surface area contributed by atoms with E-state index in [0.717, 1.165) is 21.6 Å². The van der Waals surface area contributed by atoms with Crippen LogP contribution in [0.25, 0.3) is 11.1 Å². The van der Waals surface area contributed by atoms with Gasteiger partial charge in [0, 0.05) is 11.4 Å². The van der Waals surface area contributed by atoms with Crippen LogP contribution in [0.2, 0.25) is 0 Å². The second-order valence-corrected chi connectivity index (χ2v) is 7.22. The molecule has 25 heavy (non-hydrogen) atoms. The highest BCUT2D eigenvalue weighted by molar-refractivity contribution is 7.14. The summed E-state index contributed by atoms with van der Waals surface area (Å²) in [6.45, 7) is 2.43. The molecule has 1 aliphatic rings. The molecule has 1 aliphatic heterocycles. The van der Waals surface area contributed by atoms with Crippen molar-refractivity contribution in [1.29, 1.82) is 0 Å². The van der Waals surface area contributed by atoms with Crippen LogP contribution in [-0.2, 0) is 6.54 Å². The molecule has 0 aliphatic carbocycles. The summed E-state index contributed by atoms with van der Waals surface area (Å²) in [5.41, 5.74) is 4.11. The quantitative estimate of drug-likeness (QED) is 0.744. The number of carbonyl (C=O) groups is 2. The lowest BCUT2D eigenvalue weighted by Crippen LogP contribution is -2.16. The highest BCUT2D eigenvalue weighted by Crippen LogP contribution is 2.34. The molecule has 0 fully saturated rings. The van der Waals surface area contributed by atoms with E-state index in [1.54, 1.807) is 6.07 Å². The fourth-order valence-electron chi connectivity index (χ4n) is 3.08. The third-order valence-electron chi connectivity index (χ3n) is 4.26. The third kappa shape index (κ3) is 2.83. The van der Waals surface area contributed by atoms with Crippen LogP contribution in [0.4, 0.5) is 5.69 Å². The number of nitrogens with one attached hydrogen (secondary N) is 2. The number of fused-ring (bicyclic) bond motifs is 1. The number of aryl methyl sites for hydroxylation is 1. The normalized spacial score (nSPS) is 12.6. The topological polar surface area (TPSA) is 58.2 Å². The van der Waals surface area contributed by atoms with Crippen molar-refractivity contribution in [2.75, 3.05) is 5.32 Å². The maximum atomic E-state index is 12.5. The van der Waals surface area contributed by atoms with Crippen molar-refractivity contribution in [3.05, 3.63) is 75.5 Å². The van der Waals surface area contributed by atoms with Gasteiger partial charge in [0.2, 0.25) is 0 Å². The Bertz CT molecular complexity index is 977. The predicted octanol–water partition coefficient (Wildman–Crippen LogP) is 4.22. The molecule has 2 aromatic carbocycles. The van der Waals surface area contributed by atoms with E-state index in [2.05, 4.69) is 10.6 Å². The Morgan fingerprint density at radius 3 is 2.60 bits per heavy atom. The SMILES string of the molecule is Cc1ccc(C(=O)Nc2ccc(-c3ccccc3)c3c2C(=O)NC3)s1. The number of carbonyl (C=O) groups excluding carboxylic acids is 2. The van der Waals surface area contributed by atoms with Gasteiger partial charge < -0.3 is 10.6 Å². The molecule has 2 heterocycles. The van der Waals surface area contributed by atoms with Gasteiger partial charge in [-0.25, -0.2) is 0 Å². The number of rotatable bonds is 3. The van der Waals surface area contributed by atoms with Crippen molar-refractivity contribution in [2.24, 2.45) is 0 Å². The molecule has 3 aromatic rings. The summed E-state index contributed by atoms with van der Waals surface area (Å²) in [5.74, 6) is -0.335. The van der Waals surface area contributed by atoms with Gasteiger partial charge in [0.15, 0.2) is 0 Å². The summed E-state index contributed by atoms with van der Waals surface area (Å²) in [7, 11) is 0. The molecule has 0 saturated heterocycles. The third-order valence-corrected chi connectivity index (χ3v) is 5.26. The lowest BCUT2D eigenvalue weighted by atomic mass is 9.95. The summed E-state index contributed by atoms with van der Waals surface area (Å²) in [5, 5.41) is 5.76. The van der Waals surface area contributed by atoms with Crippen LogP contribution < -0.4 is 10.6 Å². The van der Waals surface area contributed by atoms with Gasteiger partial charge in [-0.1, -0.05) is 36.4 Å². The van der Waals surface area contributed by atoms with Crippen molar-refractivity contribution >= 4 is 28.8 Å². The van der Waals surface area contributed by atoms with Crippen LogP contribution in [0.15, 0.2) is 54.6 Å². The predicted molar refractivity (Wildman–Crippen MR) is 100 cm³/mol. The summed E-state index contributed by atoms with van der Waals surface area (Å²) in [6.07, 6.45) is 0. The number of hydrogen-bond donors (Lipinski definition) is 2. The molecule has 5 heteroatoms. The largest absolute Gasteiger partial charge is 0.348 e. The monoisotopic (exact) mass is 348 g/mol. The molecule has 0 atom stereocenters. The Morgan fingerprint density at radius 2 is 1.88 bits per heavy atom. The van der Waals surface area contributed by atoms with E-state index in [0.29, 0.717) is 22.7 Å². The van der Waals surface area contributed by atoms with Crippen molar-refractivity contribution in [1.82, 2.24) is 5.32 Å². The van der Waals surface area contributed by atoms with Gasteiger partial charge in [-0.15, -0.1) is 11.3 Å². The fourth-order valence-corrected chi connectivity index (χ4v) is 3.84. The summed E-state index contributed by atoms with van der Waals surface area (Å²) < 4.78 is 0. The van der Waals surface area contributed by atoms with Gasteiger partial charge in [-0.3, -0.25) is 9.59 Å². The maximum Gasteiger partial charge on any atom is 0.265 e. The van der Waals surface area contributed by atoms with Crippen LogP contribution in [0.5, 0.6) is 0 Å². The first-order valence-electron chi connectivity index (χ1n) is 8.01. The van der Waals surface area contributed by atoms with E-state index in [-0.39, 0.29) is 11.8 Å².